The highest BCUT2D eigenvalue weighted by atomic mass is 19.1. The lowest BCUT2D eigenvalue weighted by Crippen LogP contribution is -2.26. The molecule has 0 atom stereocenters. The number of nitrogen functional groups attached to an aromatic ring is 1. The molecule has 6 heteroatoms. The lowest BCUT2D eigenvalue weighted by atomic mass is 9.88. The number of hydrogen-bond acceptors (Lipinski definition) is 3. The van der Waals surface area contributed by atoms with Gasteiger partial charge in [0.15, 0.2) is 0 Å². The number of nitrogens with two attached hydrogens (primary N) is 1. The highest BCUT2D eigenvalue weighted by molar-refractivity contribution is 5.93. The van der Waals surface area contributed by atoms with Crippen LogP contribution in [-0.2, 0) is 0 Å². The van der Waals surface area contributed by atoms with Crippen molar-refractivity contribution in [2.45, 2.75) is 12.3 Å². The maximum atomic E-state index is 13.3. The normalized spacial score (nSPS) is 10.8. The van der Waals surface area contributed by atoms with Crippen molar-refractivity contribution in [3.63, 3.8) is 0 Å². The summed E-state index contributed by atoms with van der Waals surface area (Å²) in [6.07, 6.45) is 1.99. The summed E-state index contributed by atoms with van der Waals surface area (Å²) < 4.78 is 26.5. The van der Waals surface area contributed by atoms with Gasteiger partial charge in [0.1, 0.15) is 17.5 Å². The maximum Gasteiger partial charge on any atom is 0.252 e. The average molecular weight is 367 g/mol. The standard InChI is InChI=1S/C21H19F2N3O/c22-17-6-1-14(2-7-17)19(15-3-8-18(23)9-4-15)11-12-25-21(27)16-5-10-20(24)26-13-16/h1-10,13,19H,11-12H2,(H2,24,26)(H,25,27). The molecule has 1 amide bonds. The Hall–Kier alpha value is -3.28. The van der Waals surface area contributed by atoms with Crippen LogP contribution in [0.4, 0.5) is 14.6 Å². The van der Waals surface area contributed by atoms with Crippen LogP contribution >= 0.6 is 0 Å². The van der Waals surface area contributed by atoms with Gasteiger partial charge in [0.05, 0.1) is 5.56 Å². The fraction of sp³-hybridized carbons (Fsp3) is 0.143. The van der Waals surface area contributed by atoms with Gasteiger partial charge in [-0.05, 0) is 53.9 Å². The Bertz CT molecular complexity index is 849. The summed E-state index contributed by atoms with van der Waals surface area (Å²) in [5, 5.41) is 2.84. The SMILES string of the molecule is Nc1ccc(C(=O)NCCC(c2ccc(F)cc2)c2ccc(F)cc2)cn1. The molecule has 0 radical (unpaired) electrons. The fourth-order valence-electron chi connectivity index (χ4n) is 2.89. The van der Waals surface area contributed by atoms with Gasteiger partial charge in [0.25, 0.3) is 5.91 Å². The van der Waals surface area contributed by atoms with E-state index in [0.717, 1.165) is 11.1 Å². The Morgan fingerprint density at radius 1 is 0.926 bits per heavy atom. The van der Waals surface area contributed by atoms with E-state index < -0.39 is 0 Å². The molecule has 0 fully saturated rings. The van der Waals surface area contributed by atoms with E-state index in [1.54, 1.807) is 36.4 Å². The number of pyridine rings is 1. The molecule has 0 spiro atoms. The molecular weight excluding hydrogens is 348 g/mol. The van der Waals surface area contributed by atoms with Gasteiger partial charge < -0.3 is 11.1 Å². The molecule has 27 heavy (non-hydrogen) atoms. The zero-order chi connectivity index (χ0) is 19.2. The molecule has 0 saturated carbocycles. The fourth-order valence-corrected chi connectivity index (χ4v) is 2.89. The van der Waals surface area contributed by atoms with Crippen molar-refractivity contribution < 1.29 is 13.6 Å². The first kappa shape index (κ1) is 18.5. The Morgan fingerprint density at radius 2 is 1.48 bits per heavy atom. The first-order chi connectivity index (χ1) is 13.0. The van der Waals surface area contributed by atoms with Crippen molar-refractivity contribution >= 4 is 11.7 Å². The smallest absolute Gasteiger partial charge is 0.252 e. The first-order valence-electron chi connectivity index (χ1n) is 8.53. The second-order valence-electron chi connectivity index (χ2n) is 6.17. The number of aromatic nitrogens is 1. The number of amides is 1. The molecule has 4 nitrogen and oxygen atoms in total. The van der Waals surface area contributed by atoms with E-state index in [2.05, 4.69) is 10.3 Å². The molecule has 2 aromatic carbocycles. The number of rotatable bonds is 6. The maximum absolute atomic E-state index is 13.3. The van der Waals surface area contributed by atoms with E-state index in [-0.39, 0.29) is 23.5 Å². The largest absolute Gasteiger partial charge is 0.384 e. The van der Waals surface area contributed by atoms with E-state index in [4.69, 9.17) is 5.73 Å². The van der Waals surface area contributed by atoms with Gasteiger partial charge in [-0.2, -0.15) is 0 Å². The second-order valence-corrected chi connectivity index (χ2v) is 6.17. The zero-order valence-corrected chi connectivity index (χ0v) is 14.5. The minimum absolute atomic E-state index is 0.101. The molecule has 1 heterocycles. The average Bonchev–Trinajstić information content (AvgIpc) is 2.67. The van der Waals surface area contributed by atoms with Gasteiger partial charge in [0, 0.05) is 18.7 Å². The summed E-state index contributed by atoms with van der Waals surface area (Å²) in [5.41, 5.74) is 7.73. The summed E-state index contributed by atoms with van der Waals surface area (Å²) in [5.74, 6) is -0.642. The topological polar surface area (TPSA) is 68.0 Å². The van der Waals surface area contributed by atoms with E-state index >= 15 is 0 Å². The van der Waals surface area contributed by atoms with Crippen LogP contribution in [0.15, 0.2) is 66.9 Å². The van der Waals surface area contributed by atoms with Crippen LogP contribution in [0, 0.1) is 11.6 Å². The highest BCUT2D eigenvalue weighted by Gasteiger charge is 2.15. The van der Waals surface area contributed by atoms with Crippen molar-refractivity contribution in [1.29, 1.82) is 0 Å². The number of nitrogens with one attached hydrogen (secondary N) is 1. The zero-order valence-electron chi connectivity index (χ0n) is 14.5. The monoisotopic (exact) mass is 367 g/mol. The Kier molecular flexibility index (Phi) is 5.76. The molecule has 3 aromatic rings. The first-order valence-corrected chi connectivity index (χ1v) is 8.53. The number of nitrogens with zero attached hydrogens (tertiary/aromatic N) is 1. The third kappa shape index (κ3) is 4.88. The van der Waals surface area contributed by atoms with Gasteiger partial charge in [-0.1, -0.05) is 24.3 Å². The minimum atomic E-state index is -0.319. The summed E-state index contributed by atoms with van der Waals surface area (Å²) in [6, 6.07) is 15.6. The van der Waals surface area contributed by atoms with Crippen molar-refractivity contribution in [3.05, 3.63) is 95.2 Å². The summed E-state index contributed by atoms with van der Waals surface area (Å²) >= 11 is 0. The van der Waals surface area contributed by atoms with Crippen LogP contribution < -0.4 is 11.1 Å². The Morgan fingerprint density at radius 3 is 1.96 bits per heavy atom. The van der Waals surface area contributed by atoms with E-state index in [0.29, 0.717) is 24.3 Å². The third-order valence-corrected chi connectivity index (χ3v) is 4.31. The number of carbonyl (C=O) groups excluding carboxylic acids is 1. The van der Waals surface area contributed by atoms with Gasteiger partial charge >= 0.3 is 0 Å². The molecule has 0 aliphatic rings. The summed E-state index contributed by atoms with van der Waals surface area (Å²) in [7, 11) is 0. The molecule has 3 rings (SSSR count). The van der Waals surface area contributed by atoms with Crippen molar-refractivity contribution in [3.8, 4) is 0 Å². The van der Waals surface area contributed by atoms with Crippen LogP contribution in [0.1, 0.15) is 33.8 Å². The molecular formula is C21H19F2N3O. The molecule has 0 bridgehead atoms. The molecule has 0 unspecified atom stereocenters. The van der Waals surface area contributed by atoms with Crippen molar-refractivity contribution in [1.82, 2.24) is 10.3 Å². The van der Waals surface area contributed by atoms with E-state index in [1.165, 1.54) is 30.5 Å². The van der Waals surface area contributed by atoms with Gasteiger partial charge in [-0.15, -0.1) is 0 Å². The summed E-state index contributed by atoms with van der Waals surface area (Å²) in [4.78, 5) is 16.1. The number of halogens is 2. The lowest BCUT2D eigenvalue weighted by molar-refractivity contribution is 0.0952. The van der Waals surface area contributed by atoms with Crippen LogP contribution in [-0.4, -0.2) is 17.4 Å². The Labute approximate surface area is 156 Å². The highest BCUT2D eigenvalue weighted by Crippen LogP contribution is 2.28. The molecule has 1 aromatic heterocycles. The number of carbonyl (C=O) groups is 1. The van der Waals surface area contributed by atoms with Gasteiger partial charge in [-0.25, -0.2) is 13.8 Å². The van der Waals surface area contributed by atoms with Gasteiger partial charge in [0.2, 0.25) is 0 Å². The summed E-state index contributed by atoms with van der Waals surface area (Å²) in [6.45, 7) is 0.391. The molecule has 0 aliphatic heterocycles. The molecule has 138 valence electrons. The number of anilines is 1. The van der Waals surface area contributed by atoms with E-state index in [1.807, 2.05) is 0 Å². The lowest BCUT2D eigenvalue weighted by Gasteiger charge is -2.18. The van der Waals surface area contributed by atoms with Crippen molar-refractivity contribution in [2.75, 3.05) is 12.3 Å². The Balaban J connectivity index is 1.71. The second kappa shape index (κ2) is 8.40. The van der Waals surface area contributed by atoms with Crippen LogP contribution in [0.5, 0.6) is 0 Å². The quantitative estimate of drug-likeness (QED) is 0.694. The minimum Gasteiger partial charge on any atom is -0.384 e. The van der Waals surface area contributed by atoms with Crippen LogP contribution in [0.25, 0.3) is 0 Å². The molecule has 0 aliphatic carbocycles. The molecule has 0 saturated heterocycles. The number of benzene rings is 2. The van der Waals surface area contributed by atoms with Gasteiger partial charge in [-0.3, -0.25) is 4.79 Å². The number of hydrogen-bond donors (Lipinski definition) is 2. The third-order valence-electron chi connectivity index (χ3n) is 4.31. The van der Waals surface area contributed by atoms with E-state index in [9.17, 15) is 13.6 Å². The predicted molar refractivity (Wildman–Crippen MR) is 100 cm³/mol. The van der Waals surface area contributed by atoms with Crippen LogP contribution in [0.2, 0.25) is 0 Å². The molecule has 3 N–H and O–H groups in total. The van der Waals surface area contributed by atoms with Crippen LogP contribution in [0.3, 0.4) is 0 Å². The van der Waals surface area contributed by atoms with Crippen molar-refractivity contribution in [2.24, 2.45) is 0 Å². The predicted octanol–water partition coefficient (Wildman–Crippen LogP) is 3.89.